The molecule has 0 aromatic carbocycles. The molecule has 0 spiro atoms. The number of nitrogens with one attached hydrogen (secondary N) is 1. The lowest BCUT2D eigenvalue weighted by Crippen LogP contribution is -2.46. The largest absolute Gasteiger partial charge is 0.341 e. The predicted molar refractivity (Wildman–Crippen MR) is 67.3 cm³/mol. The van der Waals surface area contributed by atoms with Crippen LogP contribution in [0, 0.1) is 5.92 Å². The number of carbonyl (C=O) groups excluding carboxylic acids is 1. The van der Waals surface area contributed by atoms with E-state index in [0.717, 1.165) is 13.1 Å². The Kier molecular flexibility index (Phi) is 5.26. The molecule has 1 rings (SSSR count). The van der Waals surface area contributed by atoms with E-state index in [1.165, 1.54) is 12.8 Å². The summed E-state index contributed by atoms with van der Waals surface area (Å²) in [5.74, 6) is 0.923. The van der Waals surface area contributed by atoms with Crippen LogP contribution in [0.1, 0.15) is 47.0 Å². The van der Waals surface area contributed by atoms with Crippen LogP contribution in [0.2, 0.25) is 0 Å². The van der Waals surface area contributed by atoms with Crippen molar-refractivity contribution >= 4 is 5.91 Å². The van der Waals surface area contributed by atoms with Gasteiger partial charge in [-0.3, -0.25) is 4.79 Å². The van der Waals surface area contributed by atoms with Gasteiger partial charge in [0.2, 0.25) is 5.91 Å². The molecule has 1 saturated heterocycles. The van der Waals surface area contributed by atoms with Gasteiger partial charge in [0.05, 0.1) is 0 Å². The molecule has 0 aromatic heterocycles. The van der Waals surface area contributed by atoms with Crippen molar-refractivity contribution in [3.8, 4) is 0 Å². The highest BCUT2D eigenvalue weighted by Gasteiger charge is 2.25. The van der Waals surface area contributed by atoms with Gasteiger partial charge in [0.25, 0.3) is 0 Å². The Morgan fingerprint density at radius 2 is 2.19 bits per heavy atom. The summed E-state index contributed by atoms with van der Waals surface area (Å²) in [4.78, 5) is 14.1. The maximum atomic E-state index is 12.1. The standard InChI is InChI=1S/C13H26N2O/c1-5-15(10(2)3)13(16)9-12-11(4)7-6-8-14-12/h10-12,14H,5-9H2,1-4H3. The van der Waals surface area contributed by atoms with Crippen molar-refractivity contribution in [2.75, 3.05) is 13.1 Å². The van der Waals surface area contributed by atoms with Crippen LogP contribution in [0.25, 0.3) is 0 Å². The van der Waals surface area contributed by atoms with Crippen LogP contribution >= 0.6 is 0 Å². The molecule has 1 heterocycles. The van der Waals surface area contributed by atoms with Crippen molar-refractivity contribution in [2.45, 2.75) is 59.0 Å². The second-order valence-electron chi connectivity index (χ2n) is 5.16. The summed E-state index contributed by atoms with van der Waals surface area (Å²) in [7, 11) is 0. The van der Waals surface area contributed by atoms with Gasteiger partial charge >= 0.3 is 0 Å². The van der Waals surface area contributed by atoms with Crippen LogP contribution in [-0.2, 0) is 4.79 Å². The molecule has 3 heteroatoms. The van der Waals surface area contributed by atoms with E-state index in [2.05, 4.69) is 33.0 Å². The molecular weight excluding hydrogens is 200 g/mol. The van der Waals surface area contributed by atoms with Crippen LogP contribution in [0.15, 0.2) is 0 Å². The predicted octanol–water partition coefficient (Wildman–Crippen LogP) is 2.02. The number of hydrogen-bond donors (Lipinski definition) is 1. The molecule has 1 aliphatic heterocycles. The molecule has 2 atom stereocenters. The average molecular weight is 226 g/mol. The topological polar surface area (TPSA) is 32.3 Å². The summed E-state index contributed by atoms with van der Waals surface area (Å²) >= 11 is 0. The first-order valence-corrected chi connectivity index (χ1v) is 6.59. The Hall–Kier alpha value is -0.570. The van der Waals surface area contributed by atoms with Crippen molar-refractivity contribution in [3.63, 3.8) is 0 Å². The van der Waals surface area contributed by atoms with E-state index in [0.29, 0.717) is 30.3 Å². The molecule has 16 heavy (non-hydrogen) atoms. The van der Waals surface area contributed by atoms with Crippen LogP contribution < -0.4 is 5.32 Å². The molecule has 3 nitrogen and oxygen atoms in total. The van der Waals surface area contributed by atoms with Crippen molar-refractivity contribution in [1.82, 2.24) is 10.2 Å². The molecule has 2 unspecified atom stereocenters. The van der Waals surface area contributed by atoms with E-state index in [4.69, 9.17) is 0 Å². The monoisotopic (exact) mass is 226 g/mol. The first kappa shape index (κ1) is 13.5. The zero-order valence-corrected chi connectivity index (χ0v) is 11.1. The number of carbonyl (C=O) groups is 1. The van der Waals surface area contributed by atoms with E-state index in [1.54, 1.807) is 0 Å². The van der Waals surface area contributed by atoms with Gasteiger partial charge in [-0.2, -0.15) is 0 Å². The second kappa shape index (κ2) is 6.24. The van der Waals surface area contributed by atoms with Crippen LogP contribution in [0.5, 0.6) is 0 Å². The maximum absolute atomic E-state index is 12.1. The zero-order chi connectivity index (χ0) is 12.1. The van der Waals surface area contributed by atoms with E-state index in [-0.39, 0.29) is 0 Å². The number of nitrogens with zero attached hydrogens (tertiary/aromatic N) is 1. The summed E-state index contributed by atoms with van der Waals surface area (Å²) in [5.41, 5.74) is 0. The molecule has 1 aliphatic rings. The van der Waals surface area contributed by atoms with Crippen LogP contribution in [0.4, 0.5) is 0 Å². The first-order chi connectivity index (χ1) is 7.56. The van der Waals surface area contributed by atoms with E-state index < -0.39 is 0 Å². The van der Waals surface area contributed by atoms with Gasteiger partial charge in [0.1, 0.15) is 0 Å². The number of piperidine rings is 1. The van der Waals surface area contributed by atoms with Gasteiger partial charge in [0.15, 0.2) is 0 Å². The summed E-state index contributed by atoms with van der Waals surface area (Å²) in [6, 6.07) is 0.699. The minimum Gasteiger partial charge on any atom is -0.341 e. The molecule has 1 amide bonds. The number of hydrogen-bond acceptors (Lipinski definition) is 2. The van der Waals surface area contributed by atoms with Gasteiger partial charge < -0.3 is 10.2 Å². The van der Waals surface area contributed by atoms with Crippen molar-refractivity contribution in [3.05, 3.63) is 0 Å². The number of amides is 1. The summed E-state index contributed by atoms with van der Waals surface area (Å²) in [6.45, 7) is 10.3. The highest BCUT2D eigenvalue weighted by Crippen LogP contribution is 2.19. The number of rotatable bonds is 4. The zero-order valence-electron chi connectivity index (χ0n) is 11.1. The smallest absolute Gasteiger partial charge is 0.224 e. The average Bonchev–Trinajstić information content (AvgIpc) is 2.22. The third kappa shape index (κ3) is 3.48. The third-order valence-corrected chi connectivity index (χ3v) is 3.61. The van der Waals surface area contributed by atoms with E-state index in [9.17, 15) is 4.79 Å². The Morgan fingerprint density at radius 3 is 2.69 bits per heavy atom. The molecule has 0 aromatic rings. The molecule has 0 aliphatic carbocycles. The highest BCUT2D eigenvalue weighted by molar-refractivity contribution is 5.77. The Labute approximate surface area is 99.6 Å². The van der Waals surface area contributed by atoms with Gasteiger partial charge in [-0.05, 0) is 46.1 Å². The maximum Gasteiger partial charge on any atom is 0.224 e. The molecule has 94 valence electrons. The van der Waals surface area contributed by atoms with Gasteiger partial charge in [-0.1, -0.05) is 6.92 Å². The Morgan fingerprint density at radius 1 is 1.50 bits per heavy atom. The van der Waals surface area contributed by atoms with E-state index in [1.807, 2.05) is 4.90 Å². The molecule has 0 saturated carbocycles. The Balaban J connectivity index is 2.48. The molecule has 1 fully saturated rings. The van der Waals surface area contributed by atoms with E-state index >= 15 is 0 Å². The van der Waals surface area contributed by atoms with Crippen LogP contribution in [0.3, 0.4) is 0 Å². The van der Waals surface area contributed by atoms with Crippen LogP contribution in [-0.4, -0.2) is 36.0 Å². The van der Waals surface area contributed by atoms with Crippen molar-refractivity contribution < 1.29 is 4.79 Å². The van der Waals surface area contributed by atoms with Gasteiger partial charge in [-0.25, -0.2) is 0 Å². The summed E-state index contributed by atoms with van der Waals surface area (Å²) in [5, 5.41) is 3.47. The quantitative estimate of drug-likeness (QED) is 0.795. The molecule has 0 radical (unpaired) electrons. The lowest BCUT2D eigenvalue weighted by Gasteiger charge is -2.32. The summed E-state index contributed by atoms with van der Waals surface area (Å²) in [6.07, 6.45) is 3.15. The molecule has 0 bridgehead atoms. The SMILES string of the molecule is CCN(C(=O)CC1NCCCC1C)C(C)C. The van der Waals surface area contributed by atoms with Crippen molar-refractivity contribution in [1.29, 1.82) is 0 Å². The van der Waals surface area contributed by atoms with Gasteiger partial charge in [-0.15, -0.1) is 0 Å². The Bertz CT molecular complexity index is 228. The third-order valence-electron chi connectivity index (χ3n) is 3.61. The van der Waals surface area contributed by atoms with Gasteiger partial charge in [0, 0.05) is 25.0 Å². The molecular formula is C13H26N2O. The second-order valence-corrected chi connectivity index (χ2v) is 5.16. The fourth-order valence-electron chi connectivity index (χ4n) is 2.52. The fourth-order valence-corrected chi connectivity index (χ4v) is 2.52. The highest BCUT2D eigenvalue weighted by atomic mass is 16.2. The lowest BCUT2D eigenvalue weighted by molar-refractivity contribution is -0.133. The van der Waals surface area contributed by atoms with Crippen molar-refractivity contribution in [2.24, 2.45) is 5.92 Å². The lowest BCUT2D eigenvalue weighted by atomic mass is 9.90. The fraction of sp³-hybridized carbons (Fsp3) is 0.923. The molecule has 1 N–H and O–H groups in total. The normalized spacial score (nSPS) is 25.8. The first-order valence-electron chi connectivity index (χ1n) is 6.59. The minimum atomic E-state index is 0.295. The summed E-state index contributed by atoms with van der Waals surface area (Å²) < 4.78 is 0. The minimum absolute atomic E-state index is 0.295.